The van der Waals surface area contributed by atoms with Gasteiger partial charge in [0.2, 0.25) is 0 Å². The van der Waals surface area contributed by atoms with Gasteiger partial charge >= 0.3 is 0 Å². The standard InChI is InChI=1S/C18H27NO4/c1-4-21-18-10-16(13-20)6-7-17(18)22-9-5-8-19-11-14(2)23-15(3)12-19/h6-7,10,13-15H,4-5,8-9,11-12H2,1-3H3. The molecule has 0 aliphatic carbocycles. The zero-order chi connectivity index (χ0) is 16.7. The zero-order valence-electron chi connectivity index (χ0n) is 14.3. The Morgan fingerprint density at radius 3 is 2.61 bits per heavy atom. The Kier molecular flexibility index (Phi) is 6.86. The maximum atomic E-state index is 10.9. The summed E-state index contributed by atoms with van der Waals surface area (Å²) in [5, 5.41) is 0. The van der Waals surface area contributed by atoms with Gasteiger partial charge in [0, 0.05) is 25.2 Å². The van der Waals surface area contributed by atoms with Crippen LogP contribution in [0.25, 0.3) is 0 Å². The molecule has 2 unspecified atom stereocenters. The first-order chi connectivity index (χ1) is 11.1. The number of hydrogen-bond acceptors (Lipinski definition) is 5. The Bertz CT molecular complexity index is 496. The molecule has 2 atom stereocenters. The van der Waals surface area contributed by atoms with Crippen LogP contribution in [0, 0.1) is 0 Å². The fourth-order valence-corrected chi connectivity index (χ4v) is 2.92. The quantitative estimate of drug-likeness (QED) is 0.544. The van der Waals surface area contributed by atoms with E-state index in [0.717, 1.165) is 32.3 Å². The molecule has 0 aromatic heterocycles. The van der Waals surface area contributed by atoms with E-state index in [0.29, 0.717) is 42.5 Å². The van der Waals surface area contributed by atoms with E-state index in [1.807, 2.05) is 6.92 Å². The number of carbonyl (C=O) groups is 1. The number of benzene rings is 1. The van der Waals surface area contributed by atoms with Crippen LogP contribution in [0.4, 0.5) is 0 Å². The minimum absolute atomic E-state index is 0.292. The van der Waals surface area contributed by atoms with Gasteiger partial charge in [-0.2, -0.15) is 0 Å². The highest BCUT2D eigenvalue weighted by molar-refractivity contribution is 5.76. The molecule has 1 aromatic carbocycles. The van der Waals surface area contributed by atoms with Gasteiger partial charge in [0.1, 0.15) is 6.29 Å². The molecule has 0 spiro atoms. The highest BCUT2D eigenvalue weighted by Gasteiger charge is 2.21. The fourth-order valence-electron chi connectivity index (χ4n) is 2.92. The van der Waals surface area contributed by atoms with Crippen LogP contribution in [0.3, 0.4) is 0 Å². The lowest BCUT2D eigenvalue weighted by Gasteiger charge is -2.35. The molecule has 2 rings (SSSR count). The van der Waals surface area contributed by atoms with Gasteiger partial charge in [0.25, 0.3) is 0 Å². The molecule has 128 valence electrons. The average molecular weight is 321 g/mol. The summed E-state index contributed by atoms with van der Waals surface area (Å²) in [7, 11) is 0. The number of aldehydes is 1. The SMILES string of the molecule is CCOc1cc(C=O)ccc1OCCCN1CC(C)OC(C)C1. The molecule has 1 fully saturated rings. The second-order valence-corrected chi connectivity index (χ2v) is 5.98. The van der Waals surface area contributed by atoms with Gasteiger partial charge in [0.15, 0.2) is 11.5 Å². The number of ether oxygens (including phenoxy) is 3. The third-order valence-corrected chi connectivity index (χ3v) is 3.78. The number of morpholine rings is 1. The van der Waals surface area contributed by atoms with Gasteiger partial charge in [-0.05, 0) is 45.4 Å². The molecule has 0 amide bonds. The molecule has 1 heterocycles. The lowest BCUT2D eigenvalue weighted by atomic mass is 10.2. The van der Waals surface area contributed by atoms with Gasteiger partial charge in [-0.25, -0.2) is 0 Å². The van der Waals surface area contributed by atoms with E-state index in [4.69, 9.17) is 14.2 Å². The molecule has 23 heavy (non-hydrogen) atoms. The van der Waals surface area contributed by atoms with Crippen LogP contribution >= 0.6 is 0 Å². The molecule has 1 aromatic rings. The van der Waals surface area contributed by atoms with Crippen LogP contribution in [0.1, 0.15) is 37.6 Å². The van der Waals surface area contributed by atoms with Crippen molar-refractivity contribution < 1.29 is 19.0 Å². The molecule has 1 saturated heterocycles. The average Bonchev–Trinajstić information content (AvgIpc) is 2.52. The van der Waals surface area contributed by atoms with E-state index in [1.54, 1.807) is 18.2 Å². The topological polar surface area (TPSA) is 48.0 Å². The Hall–Kier alpha value is -1.59. The maximum absolute atomic E-state index is 10.9. The van der Waals surface area contributed by atoms with Crippen molar-refractivity contribution in [1.29, 1.82) is 0 Å². The molecular weight excluding hydrogens is 294 g/mol. The van der Waals surface area contributed by atoms with Crippen LogP contribution in [-0.2, 0) is 4.74 Å². The van der Waals surface area contributed by atoms with Crippen molar-refractivity contribution in [2.45, 2.75) is 39.4 Å². The predicted molar refractivity (Wildman–Crippen MR) is 89.6 cm³/mol. The minimum Gasteiger partial charge on any atom is -0.490 e. The monoisotopic (exact) mass is 321 g/mol. The second-order valence-electron chi connectivity index (χ2n) is 5.98. The van der Waals surface area contributed by atoms with Crippen molar-refractivity contribution in [2.24, 2.45) is 0 Å². The van der Waals surface area contributed by atoms with Crippen LogP contribution in [0.15, 0.2) is 18.2 Å². The summed E-state index contributed by atoms with van der Waals surface area (Å²) in [5.74, 6) is 1.33. The number of carbonyl (C=O) groups excluding carboxylic acids is 1. The predicted octanol–water partition coefficient (Wildman–Crippen LogP) is 2.78. The largest absolute Gasteiger partial charge is 0.490 e. The molecule has 1 aliphatic heterocycles. The van der Waals surface area contributed by atoms with Crippen molar-refractivity contribution in [3.05, 3.63) is 23.8 Å². The van der Waals surface area contributed by atoms with E-state index in [1.165, 1.54) is 0 Å². The Morgan fingerprint density at radius 2 is 1.96 bits per heavy atom. The summed E-state index contributed by atoms with van der Waals surface area (Å²) in [6.07, 6.45) is 2.34. The van der Waals surface area contributed by atoms with E-state index in [-0.39, 0.29) is 0 Å². The van der Waals surface area contributed by atoms with Crippen LogP contribution < -0.4 is 9.47 Å². The number of rotatable bonds is 8. The first-order valence-electron chi connectivity index (χ1n) is 8.35. The summed E-state index contributed by atoms with van der Waals surface area (Å²) in [5.41, 5.74) is 0.595. The Balaban J connectivity index is 1.80. The normalized spacial score (nSPS) is 21.9. The lowest BCUT2D eigenvalue weighted by molar-refractivity contribution is -0.0686. The van der Waals surface area contributed by atoms with E-state index >= 15 is 0 Å². The third-order valence-electron chi connectivity index (χ3n) is 3.78. The molecule has 5 nitrogen and oxygen atoms in total. The zero-order valence-corrected chi connectivity index (χ0v) is 14.3. The van der Waals surface area contributed by atoms with Crippen LogP contribution in [0.2, 0.25) is 0 Å². The lowest BCUT2D eigenvalue weighted by Crippen LogP contribution is -2.45. The highest BCUT2D eigenvalue weighted by Crippen LogP contribution is 2.28. The van der Waals surface area contributed by atoms with Crippen molar-refractivity contribution in [2.75, 3.05) is 32.8 Å². The Labute approximate surface area is 138 Å². The summed E-state index contributed by atoms with van der Waals surface area (Å²) >= 11 is 0. The smallest absolute Gasteiger partial charge is 0.161 e. The van der Waals surface area contributed by atoms with Gasteiger partial charge in [-0.1, -0.05) is 0 Å². The number of hydrogen-bond donors (Lipinski definition) is 0. The summed E-state index contributed by atoms with van der Waals surface area (Å²) in [6, 6.07) is 5.26. The molecule has 0 saturated carbocycles. The van der Waals surface area contributed by atoms with Gasteiger partial charge in [-0.3, -0.25) is 9.69 Å². The molecule has 0 N–H and O–H groups in total. The first-order valence-corrected chi connectivity index (χ1v) is 8.35. The number of nitrogens with zero attached hydrogens (tertiary/aromatic N) is 1. The molecule has 5 heteroatoms. The fraction of sp³-hybridized carbons (Fsp3) is 0.611. The van der Waals surface area contributed by atoms with Crippen LogP contribution in [-0.4, -0.2) is 56.2 Å². The van der Waals surface area contributed by atoms with Crippen molar-refractivity contribution >= 4 is 6.29 Å². The molecular formula is C18H27NO4. The van der Waals surface area contributed by atoms with Crippen molar-refractivity contribution in [3.63, 3.8) is 0 Å². The minimum atomic E-state index is 0.292. The third kappa shape index (κ3) is 5.52. The van der Waals surface area contributed by atoms with E-state index < -0.39 is 0 Å². The molecule has 1 aliphatic rings. The second kappa shape index (κ2) is 8.89. The Morgan fingerprint density at radius 1 is 1.22 bits per heavy atom. The van der Waals surface area contributed by atoms with E-state index in [9.17, 15) is 4.79 Å². The van der Waals surface area contributed by atoms with Gasteiger partial charge < -0.3 is 14.2 Å². The van der Waals surface area contributed by atoms with Gasteiger partial charge in [0.05, 0.1) is 25.4 Å². The summed E-state index contributed by atoms with van der Waals surface area (Å²) < 4.78 is 17.1. The summed E-state index contributed by atoms with van der Waals surface area (Å²) in [6.45, 7) is 10.3. The highest BCUT2D eigenvalue weighted by atomic mass is 16.5. The van der Waals surface area contributed by atoms with Crippen molar-refractivity contribution in [3.8, 4) is 11.5 Å². The first kappa shape index (κ1) is 17.8. The van der Waals surface area contributed by atoms with Gasteiger partial charge in [-0.15, -0.1) is 0 Å². The van der Waals surface area contributed by atoms with Crippen LogP contribution in [0.5, 0.6) is 11.5 Å². The molecule has 0 bridgehead atoms. The van der Waals surface area contributed by atoms with Crippen molar-refractivity contribution in [1.82, 2.24) is 4.90 Å². The maximum Gasteiger partial charge on any atom is 0.161 e. The summed E-state index contributed by atoms with van der Waals surface area (Å²) in [4.78, 5) is 13.3. The van der Waals surface area contributed by atoms with E-state index in [2.05, 4.69) is 18.7 Å². The molecule has 0 radical (unpaired) electrons.